The van der Waals surface area contributed by atoms with Gasteiger partial charge in [0, 0.05) is 17.4 Å². The molecule has 1 heterocycles. The van der Waals surface area contributed by atoms with Gasteiger partial charge in [-0.1, -0.05) is 58.4 Å². The lowest BCUT2D eigenvalue weighted by Gasteiger charge is -2.40. The maximum atomic E-state index is 9.83. The van der Waals surface area contributed by atoms with E-state index in [1.54, 1.807) is 11.8 Å². The molecule has 1 spiro atoms. The molecule has 3 nitrogen and oxygen atoms in total. The zero-order chi connectivity index (χ0) is 17.9. The van der Waals surface area contributed by atoms with Crippen molar-refractivity contribution in [2.24, 2.45) is 10.4 Å². The predicted molar refractivity (Wildman–Crippen MR) is 103 cm³/mol. The standard InChI is InChI=1S/C14H24N2S.C5H10O/c1-11-14(9-7-6-8-10-14)16(5)12(17-11)15-13(2,3)4;1-5(2,3)4-6/h1,6-10H2,2-5H3;4H,1-3H3. The van der Waals surface area contributed by atoms with Crippen LogP contribution in [-0.2, 0) is 4.79 Å². The van der Waals surface area contributed by atoms with E-state index >= 15 is 0 Å². The van der Waals surface area contributed by atoms with E-state index in [2.05, 4.69) is 39.3 Å². The highest BCUT2D eigenvalue weighted by atomic mass is 32.2. The van der Waals surface area contributed by atoms with E-state index in [4.69, 9.17) is 4.99 Å². The molecule has 2 rings (SSSR count). The van der Waals surface area contributed by atoms with Crippen LogP contribution < -0.4 is 0 Å². The molecule has 0 bridgehead atoms. The van der Waals surface area contributed by atoms with Crippen molar-refractivity contribution in [3.63, 3.8) is 0 Å². The fourth-order valence-corrected chi connectivity index (χ4v) is 4.16. The first kappa shape index (κ1) is 20.3. The summed E-state index contributed by atoms with van der Waals surface area (Å²) in [6.45, 7) is 16.4. The lowest BCUT2D eigenvalue weighted by molar-refractivity contribution is -0.113. The predicted octanol–water partition coefficient (Wildman–Crippen LogP) is 5.27. The Hall–Kier alpha value is -0.770. The molecule has 1 saturated heterocycles. The summed E-state index contributed by atoms with van der Waals surface area (Å²) in [4.78, 5) is 18.4. The van der Waals surface area contributed by atoms with Crippen LogP contribution in [0, 0.1) is 5.41 Å². The summed E-state index contributed by atoms with van der Waals surface area (Å²) in [5, 5.41) is 1.16. The van der Waals surface area contributed by atoms with E-state index in [0.717, 1.165) is 11.5 Å². The Labute approximate surface area is 147 Å². The third-order valence-corrected chi connectivity index (χ3v) is 5.30. The molecule has 0 amide bonds. The topological polar surface area (TPSA) is 32.7 Å². The van der Waals surface area contributed by atoms with E-state index in [1.165, 1.54) is 37.0 Å². The van der Waals surface area contributed by atoms with Gasteiger partial charge in [-0.25, -0.2) is 0 Å². The van der Waals surface area contributed by atoms with Crippen LogP contribution in [0.15, 0.2) is 16.5 Å². The lowest BCUT2D eigenvalue weighted by Crippen LogP contribution is -2.45. The van der Waals surface area contributed by atoms with E-state index in [9.17, 15) is 4.79 Å². The van der Waals surface area contributed by atoms with E-state index in [0.29, 0.717) is 0 Å². The van der Waals surface area contributed by atoms with E-state index in [1.807, 2.05) is 20.8 Å². The second-order valence-electron chi connectivity index (χ2n) is 8.73. The molecule has 132 valence electrons. The van der Waals surface area contributed by atoms with Crippen LogP contribution in [0.2, 0.25) is 0 Å². The zero-order valence-corrected chi connectivity index (χ0v) is 16.8. The SMILES string of the molecule is C=C1SC(=NC(C)(C)C)N(C)C12CCCCC2.CC(C)(C)C=O. The quantitative estimate of drug-likeness (QED) is 0.564. The molecule has 0 aromatic carbocycles. The molecule has 2 fully saturated rings. The molecule has 1 aliphatic carbocycles. The Morgan fingerprint density at radius 1 is 1.13 bits per heavy atom. The second-order valence-corrected chi connectivity index (χ2v) is 9.79. The van der Waals surface area contributed by atoms with Crippen LogP contribution >= 0.6 is 11.8 Å². The van der Waals surface area contributed by atoms with Crippen LogP contribution in [0.1, 0.15) is 73.6 Å². The fourth-order valence-electron chi connectivity index (χ4n) is 2.78. The van der Waals surface area contributed by atoms with Gasteiger partial charge < -0.3 is 9.69 Å². The maximum absolute atomic E-state index is 9.83. The number of aldehydes is 1. The second kappa shape index (κ2) is 7.42. The minimum atomic E-state index is -0.139. The van der Waals surface area contributed by atoms with Crippen molar-refractivity contribution in [2.75, 3.05) is 7.05 Å². The Morgan fingerprint density at radius 2 is 1.61 bits per heavy atom. The maximum Gasteiger partial charge on any atom is 0.164 e. The number of nitrogens with zero attached hydrogens (tertiary/aromatic N) is 2. The van der Waals surface area contributed by atoms with Gasteiger partial charge in [0.15, 0.2) is 5.17 Å². The highest BCUT2D eigenvalue weighted by molar-refractivity contribution is 8.17. The highest BCUT2D eigenvalue weighted by Gasteiger charge is 2.46. The van der Waals surface area contributed by atoms with Crippen molar-refractivity contribution in [3.8, 4) is 0 Å². The van der Waals surface area contributed by atoms with Crippen molar-refractivity contribution >= 4 is 23.2 Å². The van der Waals surface area contributed by atoms with Gasteiger partial charge in [-0.05, 0) is 33.6 Å². The Morgan fingerprint density at radius 3 is 2.00 bits per heavy atom. The van der Waals surface area contributed by atoms with Gasteiger partial charge in [-0.2, -0.15) is 0 Å². The van der Waals surface area contributed by atoms with Crippen molar-refractivity contribution < 1.29 is 4.79 Å². The molecule has 0 radical (unpaired) electrons. The number of hydrogen-bond acceptors (Lipinski definition) is 3. The highest BCUT2D eigenvalue weighted by Crippen LogP contribution is 2.49. The number of likely N-dealkylation sites (N-methyl/N-ethyl adjacent to an activating group) is 1. The molecule has 2 aliphatic rings. The summed E-state index contributed by atoms with van der Waals surface area (Å²) in [7, 11) is 2.20. The van der Waals surface area contributed by atoms with Gasteiger partial charge in [0.1, 0.15) is 6.29 Å². The Kier molecular flexibility index (Phi) is 6.54. The average Bonchev–Trinajstić information content (AvgIpc) is 2.63. The molecule has 0 aromatic rings. The van der Waals surface area contributed by atoms with Crippen molar-refractivity contribution in [2.45, 2.75) is 84.7 Å². The number of hydrogen-bond donors (Lipinski definition) is 0. The molecular formula is C19H34N2OS. The number of rotatable bonds is 0. The van der Waals surface area contributed by atoms with Crippen LogP contribution in [0.25, 0.3) is 0 Å². The van der Waals surface area contributed by atoms with Crippen LogP contribution in [0.4, 0.5) is 0 Å². The number of carbonyl (C=O) groups is 1. The van der Waals surface area contributed by atoms with Gasteiger partial charge in [0.25, 0.3) is 0 Å². The summed E-state index contributed by atoms with van der Waals surface area (Å²) in [5.74, 6) is 0. The minimum Gasteiger partial charge on any atom is -0.344 e. The average molecular weight is 339 g/mol. The number of carbonyl (C=O) groups excluding carboxylic acids is 1. The molecule has 23 heavy (non-hydrogen) atoms. The van der Waals surface area contributed by atoms with E-state index < -0.39 is 0 Å². The summed E-state index contributed by atoms with van der Waals surface area (Å²) >= 11 is 1.79. The first-order chi connectivity index (χ1) is 10.4. The normalized spacial score (nSPS) is 23.0. The summed E-state index contributed by atoms with van der Waals surface area (Å²) in [5.41, 5.74) is 0.0596. The summed E-state index contributed by atoms with van der Waals surface area (Å²) in [6, 6.07) is 0. The largest absolute Gasteiger partial charge is 0.344 e. The Balaban J connectivity index is 0.000000379. The van der Waals surface area contributed by atoms with Gasteiger partial charge in [-0.3, -0.25) is 4.99 Å². The number of thioether (sulfide) groups is 1. The van der Waals surface area contributed by atoms with Crippen molar-refractivity contribution in [1.29, 1.82) is 0 Å². The molecule has 0 atom stereocenters. The number of aliphatic imine (C=N–C) groups is 1. The Bertz CT molecular complexity index is 463. The van der Waals surface area contributed by atoms with Gasteiger partial charge in [0.2, 0.25) is 0 Å². The first-order valence-electron chi connectivity index (χ1n) is 8.58. The lowest BCUT2D eigenvalue weighted by atomic mass is 9.80. The molecule has 1 saturated carbocycles. The molecule has 0 aromatic heterocycles. The first-order valence-corrected chi connectivity index (χ1v) is 9.40. The molecular weight excluding hydrogens is 304 g/mol. The van der Waals surface area contributed by atoms with Crippen molar-refractivity contribution in [3.05, 3.63) is 11.5 Å². The van der Waals surface area contributed by atoms with E-state index in [-0.39, 0.29) is 16.5 Å². The van der Waals surface area contributed by atoms with Gasteiger partial charge in [-0.15, -0.1) is 0 Å². The monoisotopic (exact) mass is 338 g/mol. The fraction of sp³-hybridized carbons (Fsp3) is 0.789. The third-order valence-electron chi connectivity index (χ3n) is 4.13. The molecule has 4 heteroatoms. The minimum absolute atomic E-state index is 0.00291. The summed E-state index contributed by atoms with van der Waals surface area (Å²) < 4.78 is 0. The van der Waals surface area contributed by atoms with Gasteiger partial charge >= 0.3 is 0 Å². The van der Waals surface area contributed by atoms with Crippen molar-refractivity contribution in [1.82, 2.24) is 4.90 Å². The third kappa shape index (κ3) is 5.66. The molecule has 0 unspecified atom stereocenters. The molecule has 0 N–H and O–H groups in total. The van der Waals surface area contributed by atoms with Crippen LogP contribution in [0.3, 0.4) is 0 Å². The smallest absolute Gasteiger partial charge is 0.164 e. The summed E-state index contributed by atoms with van der Waals surface area (Å²) in [6.07, 6.45) is 7.46. The van der Waals surface area contributed by atoms with Crippen LogP contribution in [-0.4, -0.2) is 34.5 Å². The molecule has 1 aliphatic heterocycles. The van der Waals surface area contributed by atoms with Crippen LogP contribution in [0.5, 0.6) is 0 Å². The van der Waals surface area contributed by atoms with Gasteiger partial charge in [0.05, 0.1) is 11.1 Å². The zero-order valence-electron chi connectivity index (χ0n) is 16.0. The number of amidine groups is 1.